The molecule has 6 nitrogen and oxygen atoms in total. The fraction of sp³-hybridized carbons (Fsp3) is 0.381. The number of benzene rings is 2. The molecule has 156 valence electrons. The second kappa shape index (κ2) is 9.28. The quantitative estimate of drug-likeness (QED) is 0.534. The van der Waals surface area contributed by atoms with Crippen molar-refractivity contribution in [1.29, 1.82) is 0 Å². The zero-order valence-corrected chi connectivity index (χ0v) is 18.7. The number of anilines is 1. The first-order valence-corrected chi connectivity index (χ1v) is 11.8. The molecule has 2 aromatic carbocycles. The first-order valence-electron chi connectivity index (χ1n) is 9.54. The van der Waals surface area contributed by atoms with Gasteiger partial charge in [-0.15, -0.1) is 0 Å². The van der Waals surface area contributed by atoms with Crippen LogP contribution in [0.4, 0.5) is 5.69 Å². The lowest BCUT2D eigenvalue weighted by Crippen LogP contribution is -2.49. The van der Waals surface area contributed by atoms with Crippen molar-refractivity contribution in [2.45, 2.75) is 36.0 Å². The van der Waals surface area contributed by atoms with Gasteiger partial charge in [-0.1, -0.05) is 34.5 Å². The summed E-state index contributed by atoms with van der Waals surface area (Å²) in [7, 11) is -2.03. The van der Waals surface area contributed by atoms with Gasteiger partial charge in [0.15, 0.2) is 0 Å². The molecule has 1 fully saturated rings. The Hall–Kier alpha value is -1.90. The molecule has 2 N–H and O–H groups in total. The molecule has 2 aromatic rings. The Morgan fingerprint density at radius 1 is 1.10 bits per heavy atom. The van der Waals surface area contributed by atoms with Gasteiger partial charge in [0, 0.05) is 30.4 Å². The van der Waals surface area contributed by atoms with Crippen molar-refractivity contribution < 1.29 is 17.9 Å². The summed E-state index contributed by atoms with van der Waals surface area (Å²) in [6, 6.07) is 13.6. The van der Waals surface area contributed by atoms with E-state index < -0.39 is 15.4 Å². The summed E-state index contributed by atoms with van der Waals surface area (Å²) < 4.78 is 33.5. The third-order valence-corrected chi connectivity index (χ3v) is 7.19. The number of carbonyl (C=O) groups excluding carboxylic acids is 1. The van der Waals surface area contributed by atoms with Gasteiger partial charge >= 0.3 is 0 Å². The minimum Gasteiger partial charge on any atom is -0.385 e. The van der Waals surface area contributed by atoms with Crippen LogP contribution >= 0.6 is 15.9 Å². The summed E-state index contributed by atoms with van der Waals surface area (Å²) in [5, 5.41) is 3.00. The molecular weight excluding hydrogens is 456 g/mol. The predicted molar refractivity (Wildman–Crippen MR) is 116 cm³/mol. The number of nitrogens with one attached hydrogen (secondary N) is 2. The molecule has 0 heterocycles. The summed E-state index contributed by atoms with van der Waals surface area (Å²) >= 11 is 3.30. The van der Waals surface area contributed by atoms with Crippen LogP contribution in [0.5, 0.6) is 0 Å². The number of amides is 1. The lowest BCUT2D eigenvalue weighted by atomic mass is 9.64. The number of sulfonamides is 1. The van der Waals surface area contributed by atoms with E-state index in [1.165, 1.54) is 12.1 Å². The molecule has 0 bridgehead atoms. The van der Waals surface area contributed by atoms with Crippen LogP contribution in [0.1, 0.15) is 31.2 Å². The highest BCUT2D eigenvalue weighted by atomic mass is 79.9. The third-order valence-electron chi connectivity index (χ3n) is 5.27. The minimum atomic E-state index is -3.67. The van der Waals surface area contributed by atoms with Crippen molar-refractivity contribution in [3.05, 3.63) is 58.6 Å². The zero-order chi connectivity index (χ0) is 20.9. The number of hydrogen-bond donors (Lipinski definition) is 2. The zero-order valence-electron chi connectivity index (χ0n) is 16.3. The molecule has 0 radical (unpaired) electrons. The first kappa shape index (κ1) is 21.8. The number of halogens is 1. The van der Waals surface area contributed by atoms with Crippen molar-refractivity contribution in [1.82, 2.24) is 5.32 Å². The molecule has 0 aromatic heterocycles. The molecule has 1 saturated carbocycles. The molecule has 0 spiro atoms. The van der Waals surface area contributed by atoms with E-state index in [9.17, 15) is 13.2 Å². The van der Waals surface area contributed by atoms with E-state index in [0.29, 0.717) is 18.8 Å². The Kier molecular flexibility index (Phi) is 6.97. The van der Waals surface area contributed by atoms with E-state index in [1.807, 2.05) is 12.1 Å². The third kappa shape index (κ3) is 4.99. The second-order valence-electron chi connectivity index (χ2n) is 7.17. The molecule has 0 saturated heterocycles. The highest BCUT2D eigenvalue weighted by Crippen LogP contribution is 2.44. The van der Waals surface area contributed by atoms with E-state index in [1.54, 1.807) is 31.4 Å². The van der Waals surface area contributed by atoms with Crippen LogP contribution in [-0.4, -0.2) is 34.6 Å². The van der Waals surface area contributed by atoms with Crippen LogP contribution in [0.15, 0.2) is 57.9 Å². The van der Waals surface area contributed by atoms with E-state index in [2.05, 4.69) is 26.0 Å². The number of carbonyl (C=O) groups is 1. The highest BCUT2D eigenvalue weighted by molar-refractivity contribution is 9.10. The van der Waals surface area contributed by atoms with E-state index in [-0.39, 0.29) is 10.8 Å². The maximum atomic E-state index is 12.8. The largest absolute Gasteiger partial charge is 0.385 e. The molecular formula is C21H25BrN2O4S. The summed E-state index contributed by atoms with van der Waals surface area (Å²) in [5.41, 5.74) is 0.863. The van der Waals surface area contributed by atoms with Crippen LogP contribution < -0.4 is 10.0 Å². The molecule has 0 aliphatic heterocycles. The highest BCUT2D eigenvalue weighted by Gasteiger charge is 2.45. The molecule has 29 heavy (non-hydrogen) atoms. The van der Waals surface area contributed by atoms with Gasteiger partial charge in [-0.05, 0) is 61.2 Å². The SMILES string of the molecule is COCCCNC(=O)C1(c2ccc(NS(=O)(=O)c3ccc(Br)cc3)cc2)CCC1. The second-order valence-corrected chi connectivity index (χ2v) is 9.77. The van der Waals surface area contributed by atoms with Crippen LogP contribution in [0.3, 0.4) is 0 Å². The van der Waals surface area contributed by atoms with Crippen LogP contribution in [0, 0.1) is 0 Å². The van der Waals surface area contributed by atoms with Crippen molar-refractivity contribution in [2.24, 2.45) is 0 Å². The molecule has 3 rings (SSSR count). The van der Waals surface area contributed by atoms with Crippen molar-refractivity contribution in [2.75, 3.05) is 25.0 Å². The lowest BCUT2D eigenvalue weighted by Gasteiger charge is -2.40. The van der Waals surface area contributed by atoms with Gasteiger partial charge < -0.3 is 10.1 Å². The molecule has 8 heteroatoms. The smallest absolute Gasteiger partial charge is 0.261 e. The normalized spacial score (nSPS) is 15.4. The van der Waals surface area contributed by atoms with Gasteiger partial charge in [-0.2, -0.15) is 0 Å². The van der Waals surface area contributed by atoms with Gasteiger partial charge in [-0.3, -0.25) is 9.52 Å². The van der Waals surface area contributed by atoms with E-state index in [4.69, 9.17) is 4.74 Å². The fourth-order valence-electron chi connectivity index (χ4n) is 3.45. The maximum Gasteiger partial charge on any atom is 0.261 e. The van der Waals surface area contributed by atoms with Crippen LogP contribution in [0.2, 0.25) is 0 Å². The predicted octanol–water partition coefficient (Wildman–Crippen LogP) is 3.82. The molecule has 1 aliphatic carbocycles. The maximum absolute atomic E-state index is 12.8. The van der Waals surface area contributed by atoms with Gasteiger partial charge in [-0.25, -0.2) is 8.42 Å². The van der Waals surface area contributed by atoms with Crippen LogP contribution in [-0.2, 0) is 25.0 Å². The van der Waals surface area contributed by atoms with Crippen LogP contribution in [0.25, 0.3) is 0 Å². The number of ether oxygens (including phenoxy) is 1. The van der Waals surface area contributed by atoms with E-state index >= 15 is 0 Å². The summed E-state index contributed by atoms with van der Waals surface area (Å²) in [5.74, 6) is 0.0306. The lowest BCUT2D eigenvalue weighted by molar-refractivity contribution is -0.129. The molecule has 0 atom stereocenters. The Morgan fingerprint density at radius 3 is 2.31 bits per heavy atom. The monoisotopic (exact) mass is 480 g/mol. The van der Waals surface area contributed by atoms with Gasteiger partial charge in [0.25, 0.3) is 10.0 Å². The van der Waals surface area contributed by atoms with Crippen molar-refractivity contribution >= 4 is 37.5 Å². The summed E-state index contributed by atoms with van der Waals surface area (Å²) in [6.07, 6.45) is 3.37. The average Bonchev–Trinajstić information content (AvgIpc) is 2.66. The van der Waals surface area contributed by atoms with Crippen molar-refractivity contribution in [3.63, 3.8) is 0 Å². The topological polar surface area (TPSA) is 84.5 Å². The molecule has 0 unspecified atom stereocenters. The molecule has 1 amide bonds. The number of hydrogen-bond acceptors (Lipinski definition) is 4. The fourth-order valence-corrected chi connectivity index (χ4v) is 4.77. The van der Waals surface area contributed by atoms with Gasteiger partial charge in [0.2, 0.25) is 5.91 Å². The number of rotatable bonds is 9. The van der Waals surface area contributed by atoms with Crippen molar-refractivity contribution in [3.8, 4) is 0 Å². The standard InChI is InChI=1S/C21H25BrN2O4S/c1-28-15-3-14-23-20(25)21(12-2-13-21)16-4-8-18(9-5-16)24-29(26,27)19-10-6-17(22)7-11-19/h4-11,24H,2-3,12-15H2,1H3,(H,23,25). The van der Waals surface area contributed by atoms with Gasteiger partial charge in [0.1, 0.15) is 0 Å². The Morgan fingerprint density at radius 2 is 1.76 bits per heavy atom. The van der Waals surface area contributed by atoms with Gasteiger partial charge in [0.05, 0.1) is 10.3 Å². The van der Waals surface area contributed by atoms with E-state index in [0.717, 1.165) is 35.7 Å². The Balaban J connectivity index is 1.70. The summed E-state index contributed by atoms with van der Waals surface area (Å²) in [6.45, 7) is 1.19. The Labute approximate surface area is 180 Å². The molecule has 1 aliphatic rings. The Bertz CT molecular complexity index is 940. The minimum absolute atomic E-state index is 0.0306. The first-order chi connectivity index (χ1) is 13.9. The summed E-state index contributed by atoms with van der Waals surface area (Å²) in [4.78, 5) is 13.0. The number of methoxy groups -OCH3 is 1. The average molecular weight is 481 g/mol.